The smallest absolute Gasteiger partial charge is 0.338 e. The molecule has 1 N–H and O–H groups in total. The normalized spacial score (nSPS) is 18.1. The molecule has 0 unspecified atom stereocenters. The van der Waals surface area contributed by atoms with Crippen molar-refractivity contribution in [1.29, 1.82) is 0 Å². The highest BCUT2D eigenvalue weighted by molar-refractivity contribution is 7.89. The van der Waals surface area contributed by atoms with Gasteiger partial charge < -0.3 is 10.1 Å². The van der Waals surface area contributed by atoms with Crippen molar-refractivity contribution in [2.45, 2.75) is 69.9 Å². The lowest BCUT2D eigenvalue weighted by Gasteiger charge is -2.32. The minimum atomic E-state index is -3.58. The van der Waals surface area contributed by atoms with E-state index in [-0.39, 0.29) is 35.1 Å². The molecular formula is C20H30N2O5S. The molecule has 0 spiro atoms. The van der Waals surface area contributed by atoms with E-state index >= 15 is 0 Å². The Hall–Kier alpha value is -1.93. The minimum Gasteiger partial charge on any atom is -0.452 e. The number of carbonyl (C=O) groups is 2. The lowest BCUT2D eigenvalue weighted by atomic mass is 10.1. The summed E-state index contributed by atoms with van der Waals surface area (Å²) in [7, 11) is -3.58. The summed E-state index contributed by atoms with van der Waals surface area (Å²) < 4.78 is 32.2. The predicted octanol–water partition coefficient (Wildman–Crippen LogP) is 2.71. The maximum Gasteiger partial charge on any atom is 0.338 e. The number of hydrogen-bond donors (Lipinski definition) is 1. The van der Waals surface area contributed by atoms with Crippen molar-refractivity contribution in [3.63, 3.8) is 0 Å². The van der Waals surface area contributed by atoms with Gasteiger partial charge in [-0.2, -0.15) is 4.31 Å². The van der Waals surface area contributed by atoms with E-state index in [0.717, 1.165) is 32.1 Å². The van der Waals surface area contributed by atoms with Gasteiger partial charge in [0.2, 0.25) is 10.0 Å². The number of nitrogens with zero attached hydrogens (tertiary/aromatic N) is 1. The number of carbonyl (C=O) groups excluding carboxylic acids is 2. The van der Waals surface area contributed by atoms with Crippen LogP contribution in [0.3, 0.4) is 0 Å². The fourth-order valence-electron chi connectivity index (χ4n) is 3.30. The second-order valence-corrected chi connectivity index (χ2v) is 9.03. The minimum absolute atomic E-state index is 0.0306. The standard InChI is InChI=1S/C20H30N2O5S/c1-4-17(5-2)21-19(23)14-27-20(24)16-9-11-18(12-10-16)28(25,26)22-13-7-6-8-15(22)3/h9-12,15,17H,4-8,13-14H2,1-3H3,(H,21,23)/t15-/m0/s1. The van der Waals surface area contributed by atoms with E-state index in [9.17, 15) is 18.0 Å². The molecule has 28 heavy (non-hydrogen) atoms. The third-order valence-electron chi connectivity index (χ3n) is 5.12. The van der Waals surface area contributed by atoms with Crippen LogP contribution in [0.1, 0.15) is 63.2 Å². The number of esters is 1. The van der Waals surface area contributed by atoms with Gasteiger partial charge in [-0.3, -0.25) is 4.79 Å². The fraction of sp³-hybridized carbons (Fsp3) is 0.600. The summed E-state index contributed by atoms with van der Waals surface area (Å²) >= 11 is 0. The average Bonchev–Trinajstić information content (AvgIpc) is 2.70. The zero-order chi connectivity index (χ0) is 20.7. The monoisotopic (exact) mass is 410 g/mol. The Morgan fingerprint density at radius 3 is 2.39 bits per heavy atom. The molecule has 7 nitrogen and oxygen atoms in total. The summed E-state index contributed by atoms with van der Waals surface area (Å²) in [5, 5.41) is 2.79. The second kappa shape index (κ2) is 10.0. The molecule has 1 aromatic rings. The Bertz CT molecular complexity index is 772. The Kier molecular flexibility index (Phi) is 8.00. The first kappa shape index (κ1) is 22.4. The predicted molar refractivity (Wildman–Crippen MR) is 106 cm³/mol. The van der Waals surface area contributed by atoms with Crippen LogP contribution in [0.2, 0.25) is 0 Å². The Morgan fingerprint density at radius 2 is 1.82 bits per heavy atom. The summed E-state index contributed by atoms with van der Waals surface area (Å²) in [5.41, 5.74) is 0.209. The van der Waals surface area contributed by atoms with Gasteiger partial charge in [0.15, 0.2) is 6.61 Å². The zero-order valence-corrected chi connectivity index (χ0v) is 17.6. The lowest BCUT2D eigenvalue weighted by molar-refractivity contribution is -0.125. The van der Waals surface area contributed by atoms with Gasteiger partial charge in [0.05, 0.1) is 10.5 Å². The maximum absolute atomic E-state index is 12.8. The van der Waals surface area contributed by atoms with Crippen molar-refractivity contribution in [2.24, 2.45) is 0 Å². The van der Waals surface area contributed by atoms with Crippen LogP contribution >= 0.6 is 0 Å². The highest BCUT2D eigenvalue weighted by Crippen LogP contribution is 2.25. The first-order valence-corrected chi connectivity index (χ1v) is 11.3. The first-order valence-electron chi connectivity index (χ1n) is 9.88. The zero-order valence-electron chi connectivity index (χ0n) is 16.8. The fourth-order valence-corrected chi connectivity index (χ4v) is 5.00. The van der Waals surface area contributed by atoms with E-state index in [1.807, 2.05) is 20.8 Å². The van der Waals surface area contributed by atoms with Crippen LogP contribution < -0.4 is 5.32 Å². The molecule has 1 aliphatic heterocycles. The third-order valence-corrected chi connectivity index (χ3v) is 7.15. The van der Waals surface area contributed by atoms with Crippen LogP contribution in [0, 0.1) is 0 Å². The van der Waals surface area contributed by atoms with E-state index in [4.69, 9.17) is 4.74 Å². The summed E-state index contributed by atoms with van der Waals surface area (Å²) in [4.78, 5) is 24.1. The molecule has 1 atom stereocenters. The number of amides is 1. The SMILES string of the molecule is CCC(CC)NC(=O)COC(=O)c1ccc(S(=O)(=O)N2CCCC[C@@H]2C)cc1. The van der Waals surface area contributed by atoms with Gasteiger partial charge in [-0.15, -0.1) is 0 Å². The molecule has 0 aliphatic carbocycles. The molecule has 156 valence electrons. The van der Waals surface area contributed by atoms with Gasteiger partial charge in [-0.05, 0) is 56.9 Å². The Labute approximate surface area is 167 Å². The quantitative estimate of drug-likeness (QED) is 0.665. The molecule has 0 radical (unpaired) electrons. The van der Waals surface area contributed by atoms with Gasteiger partial charge in [0.25, 0.3) is 5.91 Å². The number of piperidine rings is 1. The average molecular weight is 411 g/mol. The molecular weight excluding hydrogens is 380 g/mol. The maximum atomic E-state index is 12.8. The van der Waals surface area contributed by atoms with Crippen molar-refractivity contribution in [1.82, 2.24) is 9.62 Å². The number of nitrogens with one attached hydrogen (secondary N) is 1. The second-order valence-electron chi connectivity index (χ2n) is 7.14. The number of rotatable bonds is 8. The van der Waals surface area contributed by atoms with Crippen molar-refractivity contribution >= 4 is 21.9 Å². The van der Waals surface area contributed by atoms with Crippen LogP contribution in [-0.4, -0.2) is 49.8 Å². The van der Waals surface area contributed by atoms with Crippen LogP contribution in [0.25, 0.3) is 0 Å². The van der Waals surface area contributed by atoms with Crippen molar-refractivity contribution in [3.8, 4) is 0 Å². The van der Waals surface area contributed by atoms with Gasteiger partial charge in [0, 0.05) is 18.6 Å². The number of hydrogen-bond acceptors (Lipinski definition) is 5. The molecule has 0 saturated carbocycles. The van der Waals surface area contributed by atoms with Gasteiger partial charge in [0.1, 0.15) is 0 Å². The van der Waals surface area contributed by atoms with Crippen LogP contribution in [0.15, 0.2) is 29.2 Å². The topological polar surface area (TPSA) is 92.8 Å². The number of ether oxygens (including phenoxy) is 1. The number of sulfonamides is 1. The van der Waals surface area contributed by atoms with Crippen molar-refractivity contribution < 1.29 is 22.7 Å². The highest BCUT2D eigenvalue weighted by Gasteiger charge is 2.31. The van der Waals surface area contributed by atoms with E-state index in [1.165, 1.54) is 28.6 Å². The van der Waals surface area contributed by atoms with Crippen molar-refractivity contribution in [2.75, 3.05) is 13.2 Å². The molecule has 1 amide bonds. The van der Waals surface area contributed by atoms with E-state index in [1.54, 1.807) is 0 Å². The van der Waals surface area contributed by atoms with Crippen LogP contribution in [0.5, 0.6) is 0 Å². The number of benzene rings is 1. The van der Waals surface area contributed by atoms with Crippen LogP contribution in [0.4, 0.5) is 0 Å². The van der Waals surface area contributed by atoms with Crippen LogP contribution in [-0.2, 0) is 19.6 Å². The molecule has 0 aromatic heterocycles. The molecule has 8 heteroatoms. The molecule has 2 rings (SSSR count). The molecule has 1 aliphatic rings. The first-order chi connectivity index (χ1) is 13.3. The molecule has 1 fully saturated rings. The van der Waals surface area contributed by atoms with Crippen molar-refractivity contribution in [3.05, 3.63) is 29.8 Å². The van der Waals surface area contributed by atoms with E-state index in [0.29, 0.717) is 6.54 Å². The Morgan fingerprint density at radius 1 is 1.18 bits per heavy atom. The molecule has 1 heterocycles. The summed E-state index contributed by atoms with van der Waals surface area (Å²) in [5.74, 6) is -1.00. The van der Waals surface area contributed by atoms with Gasteiger partial charge >= 0.3 is 5.97 Å². The summed E-state index contributed by atoms with van der Waals surface area (Å²) in [6.45, 7) is 6.01. The van der Waals surface area contributed by atoms with E-state index < -0.39 is 16.0 Å². The van der Waals surface area contributed by atoms with Gasteiger partial charge in [-0.25, -0.2) is 13.2 Å². The highest BCUT2D eigenvalue weighted by atomic mass is 32.2. The third kappa shape index (κ3) is 5.54. The van der Waals surface area contributed by atoms with Gasteiger partial charge in [-0.1, -0.05) is 20.3 Å². The molecule has 0 bridgehead atoms. The lowest BCUT2D eigenvalue weighted by Crippen LogP contribution is -2.41. The molecule has 1 saturated heterocycles. The summed E-state index contributed by atoms with van der Waals surface area (Å²) in [6.07, 6.45) is 4.35. The molecule has 1 aromatic carbocycles. The Balaban J connectivity index is 1.98. The largest absolute Gasteiger partial charge is 0.452 e. The van der Waals surface area contributed by atoms with E-state index in [2.05, 4.69) is 5.32 Å². The summed E-state index contributed by atoms with van der Waals surface area (Å²) in [6, 6.07) is 5.70.